The summed E-state index contributed by atoms with van der Waals surface area (Å²) in [5.41, 5.74) is 1.57. The lowest BCUT2D eigenvalue weighted by Crippen LogP contribution is -1.88. The number of benzene rings is 1. The van der Waals surface area contributed by atoms with Crippen molar-refractivity contribution in [3.63, 3.8) is 0 Å². The quantitative estimate of drug-likeness (QED) is 0.301. The first-order valence-corrected chi connectivity index (χ1v) is 11.5. The van der Waals surface area contributed by atoms with Gasteiger partial charge in [-0.05, 0) is 58.1 Å². The van der Waals surface area contributed by atoms with Crippen LogP contribution in [0, 0.1) is 0 Å². The predicted octanol–water partition coefficient (Wildman–Crippen LogP) is 8.58. The molecule has 2 heterocycles. The van der Waals surface area contributed by atoms with Gasteiger partial charge in [-0.25, -0.2) is 0 Å². The molecule has 0 aliphatic rings. The van der Waals surface area contributed by atoms with Crippen LogP contribution in [0.5, 0.6) is 0 Å². The van der Waals surface area contributed by atoms with Gasteiger partial charge in [0.1, 0.15) is 0 Å². The van der Waals surface area contributed by atoms with Crippen LogP contribution in [-0.2, 0) is 6.42 Å². The summed E-state index contributed by atoms with van der Waals surface area (Å²) < 4.78 is 2.98. The molecule has 0 N–H and O–H groups in total. The summed E-state index contributed by atoms with van der Waals surface area (Å²) in [5.74, 6) is 0. The fraction of sp³-hybridized carbons (Fsp3) is 0.545. The van der Waals surface area contributed by atoms with E-state index in [1.54, 1.807) is 5.56 Å². The molecule has 0 fully saturated rings. The van der Waals surface area contributed by atoms with E-state index in [9.17, 15) is 0 Å². The average molecular weight is 359 g/mol. The van der Waals surface area contributed by atoms with E-state index in [0.717, 1.165) is 0 Å². The SMILES string of the molecule is CCCCCCCCCCCCc1cc2ccsc2c2sccc12. The highest BCUT2D eigenvalue weighted by Gasteiger charge is 2.08. The fourth-order valence-corrected chi connectivity index (χ4v) is 5.64. The zero-order valence-corrected chi connectivity index (χ0v) is 16.6. The Balaban J connectivity index is 1.40. The summed E-state index contributed by atoms with van der Waals surface area (Å²) in [4.78, 5) is 0. The van der Waals surface area contributed by atoms with Crippen LogP contribution in [0.15, 0.2) is 29.0 Å². The molecule has 130 valence electrons. The Morgan fingerprint density at radius 2 is 1.33 bits per heavy atom. The van der Waals surface area contributed by atoms with Crippen molar-refractivity contribution in [2.45, 2.75) is 77.6 Å². The smallest absolute Gasteiger partial charge is 0.0523 e. The Kier molecular flexibility index (Phi) is 7.16. The van der Waals surface area contributed by atoms with Crippen molar-refractivity contribution in [1.82, 2.24) is 0 Å². The van der Waals surface area contributed by atoms with Gasteiger partial charge in [-0.2, -0.15) is 0 Å². The van der Waals surface area contributed by atoms with Crippen LogP contribution < -0.4 is 0 Å². The molecule has 0 saturated heterocycles. The molecule has 2 heteroatoms. The molecule has 2 aromatic heterocycles. The molecule has 1 aromatic carbocycles. The zero-order valence-electron chi connectivity index (χ0n) is 15.0. The lowest BCUT2D eigenvalue weighted by atomic mass is 10.0. The van der Waals surface area contributed by atoms with Crippen molar-refractivity contribution >= 4 is 42.8 Å². The van der Waals surface area contributed by atoms with E-state index in [0.29, 0.717) is 0 Å². The minimum absolute atomic E-state index is 1.25. The number of aryl methyl sites for hydroxylation is 1. The number of unbranched alkanes of at least 4 members (excludes halogenated alkanes) is 9. The van der Waals surface area contributed by atoms with E-state index in [1.165, 1.54) is 90.8 Å². The normalized spacial score (nSPS) is 11.7. The van der Waals surface area contributed by atoms with Crippen LogP contribution in [-0.4, -0.2) is 0 Å². The molecule has 0 nitrogen and oxygen atoms in total. The summed E-state index contributed by atoms with van der Waals surface area (Å²) in [6, 6.07) is 7.04. The molecular weight excluding hydrogens is 328 g/mol. The molecule has 24 heavy (non-hydrogen) atoms. The van der Waals surface area contributed by atoms with Crippen molar-refractivity contribution in [1.29, 1.82) is 0 Å². The Labute approximate surface area is 154 Å². The molecule has 0 aliphatic heterocycles. The van der Waals surface area contributed by atoms with Crippen molar-refractivity contribution in [3.8, 4) is 0 Å². The van der Waals surface area contributed by atoms with E-state index in [-0.39, 0.29) is 0 Å². The summed E-state index contributed by atoms with van der Waals surface area (Å²) >= 11 is 3.79. The molecule has 0 unspecified atom stereocenters. The average Bonchev–Trinajstić information content (AvgIpc) is 3.24. The van der Waals surface area contributed by atoms with Crippen LogP contribution in [0.4, 0.5) is 0 Å². The van der Waals surface area contributed by atoms with Crippen LogP contribution in [0.3, 0.4) is 0 Å². The zero-order chi connectivity index (χ0) is 16.6. The molecule has 3 aromatic rings. The molecule has 0 bridgehead atoms. The number of hydrogen-bond acceptors (Lipinski definition) is 2. The molecule has 3 rings (SSSR count). The van der Waals surface area contributed by atoms with Gasteiger partial charge in [-0.1, -0.05) is 64.7 Å². The molecular formula is C22H30S2. The second kappa shape index (κ2) is 9.58. The van der Waals surface area contributed by atoms with Gasteiger partial charge in [0.05, 0.1) is 9.40 Å². The van der Waals surface area contributed by atoms with Gasteiger partial charge in [0.15, 0.2) is 0 Å². The first kappa shape index (κ1) is 17.9. The van der Waals surface area contributed by atoms with E-state index in [2.05, 4.69) is 35.9 Å². The number of thiophene rings is 2. The Morgan fingerprint density at radius 1 is 0.708 bits per heavy atom. The number of fused-ring (bicyclic) bond motifs is 3. The lowest BCUT2D eigenvalue weighted by Gasteiger charge is -2.06. The maximum absolute atomic E-state index is 2.44. The second-order valence-corrected chi connectivity index (χ2v) is 8.80. The van der Waals surface area contributed by atoms with Crippen molar-refractivity contribution in [3.05, 3.63) is 34.5 Å². The molecule has 0 radical (unpaired) electrons. The third-order valence-electron chi connectivity index (χ3n) is 5.04. The Morgan fingerprint density at radius 3 is 2.08 bits per heavy atom. The van der Waals surface area contributed by atoms with E-state index in [4.69, 9.17) is 0 Å². The maximum Gasteiger partial charge on any atom is 0.0523 e. The third kappa shape index (κ3) is 4.61. The Hall–Kier alpha value is -0.860. The van der Waals surface area contributed by atoms with Crippen LogP contribution in [0.2, 0.25) is 0 Å². The van der Waals surface area contributed by atoms with Gasteiger partial charge in [0, 0.05) is 0 Å². The summed E-state index contributed by atoms with van der Waals surface area (Å²) in [6.45, 7) is 2.29. The lowest BCUT2D eigenvalue weighted by molar-refractivity contribution is 0.556. The van der Waals surface area contributed by atoms with Crippen LogP contribution in [0.25, 0.3) is 20.2 Å². The first-order valence-electron chi connectivity index (χ1n) is 9.76. The van der Waals surface area contributed by atoms with Crippen molar-refractivity contribution < 1.29 is 0 Å². The number of rotatable bonds is 11. The van der Waals surface area contributed by atoms with Gasteiger partial charge in [0.25, 0.3) is 0 Å². The molecule has 0 atom stereocenters. The van der Waals surface area contributed by atoms with Gasteiger partial charge in [-0.15, -0.1) is 22.7 Å². The van der Waals surface area contributed by atoms with E-state index in [1.807, 2.05) is 22.7 Å². The first-order chi connectivity index (χ1) is 11.9. The van der Waals surface area contributed by atoms with Gasteiger partial charge >= 0.3 is 0 Å². The monoisotopic (exact) mass is 358 g/mol. The van der Waals surface area contributed by atoms with Gasteiger partial charge in [-0.3, -0.25) is 0 Å². The van der Waals surface area contributed by atoms with Crippen molar-refractivity contribution in [2.75, 3.05) is 0 Å². The summed E-state index contributed by atoms with van der Waals surface area (Å²) in [7, 11) is 0. The third-order valence-corrected chi connectivity index (χ3v) is 7.05. The largest absolute Gasteiger partial charge is 0.142 e. The highest BCUT2D eigenvalue weighted by atomic mass is 32.1. The minimum Gasteiger partial charge on any atom is -0.142 e. The topological polar surface area (TPSA) is 0 Å². The highest BCUT2D eigenvalue weighted by Crippen LogP contribution is 2.36. The van der Waals surface area contributed by atoms with Crippen molar-refractivity contribution in [2.24, 2.45) is 0 Å². The van der Waals surface area contributed by atoms with Crippen LogP contribution in [0.1, 0.15) is 76.7 Å². The number of hydrogen-bond donors (Lipinski definition) is 0. The maximum atomic E-state index is 2.44. The Bertz CT molecular complexity index is 735. The minimum atomic E-state index is 1.25. The highest BCUT2D eigenvalue weighted by molar-refractivity contribution is 7.25. The summed E-state index contributed by atoms with van der Waals surface area (Å²) in [6.07, 6.45) is 15.4. The molecule has 0 amide bonds. The van der Waals surface area contributed by atoms with Gasteiger partial charge < -0.3 is 0 Å². The predicted molar refractivity (Wildman–Crippen MR) is 113 cm³/mol. The summed E-state index contributed by atoms with van der Waals surface area (Å²) in [5, 5.41) is 7.43. The van der Waals surface area contributed by atoms with Crippen LogP contribution >= 0.6 is 22.7 Å². The van der Waals surface area contributed by atoms with E-state index < -0.39 is 0 Å². The second-order valence-electron chi connectivity index (χ2n) is 6.97. The molecule has 0 aliphatic carbocycles. The molecule has 0 saturated carbocycles. The molecule has 0 spiro atoms. The standard InChI is InChI=1S/C22H30S2/c1-2-3-4-5-6-7-8-9-10-11-12-18-17-19-13-15-23-21(19)22-20(18)14-16-24-22/h13-17H,2-12H2,1H3. The van der Waals surface area contributed by atoms with E-state index >= 15 is 0 Å². The fourth-order valence-electron chi connectivity index (χ4n) is 3.63. The van der Waals surface area contributed by atoms with Gasteiger partial charge in [0.2, 0.25) is 0 Å².